The summed E-state index contributed by atoms with van der Waals surface area (Å²) in [5.41, 5.74) is 9.87. The second kappa shape index (κ2) is 4.44. The number of hydrogen-bond donors (Lipinski definition) is 1. The van der Waals surface area contributed by atoms with E-state index < -0.39 is 0 Å². The van der Waals surface area contributed by atoms with Crippen LogP contribution in [0.5, 0.6) is 0 Å². The van der Waals surface area contributed by atoms with Crippen LogP contribution in [0.3, 0.4) is 0 Å². The first kappa shape index (κ1) is 11.3. The van der Waals surface area contributed by atoms with Gasteiger partial charge in [0.25, 0.3) is 0 Å². The van der Waals surface area contributed by atoms with Gasteiger partial charge in [0.15, 0.2) is 5.82 Å². The molecule has 4 heteroatoms. The Morgan fingerprint density at radius 3 is 3.00 bits per heavy atom. The summed E-state index contributed by atoms with van der Waals surface area (Å²) in [5, 5.41) is 8.16. The highest BCUT2D eigenvalue weighted by atomic mass is 15.4. The molecule has 0 radical (unpaired) electrons. The molecule has 1 aliphatic rings. The Bertz CT molecular complexity index is 559. The maximum absolute atomic E-state index is 5.86. The van der Waals surface area contributed by atoms with E-state index in [1.807, 2.05) is 4.68 Å². The van der Waals surface area contributed by atoms with Gasteiger partial charge in [-0.05, 0) is 24.0 Å². The fourth-order valence-corrected chi connectivity index (χ4v) is 2.72. The lowest BCUT2D eigenvalue weighted by Crippen LogP contribution is -2.23. The van der Waals surface area contributed by atoms with Gasteiger partial charge in [-0.15, -0.1) is 5.10 Å². The van der Waals surface area contributed by atoms with Gasteiger partial charge in [-0.1, -0.05) is 42.8 Å². The highest BCUT2D eigenvalue weighted by molar-refractivity contribution is 5.40. The number of nitrogen functional groups attached to an aromatic ring is 1. The smallest absolute Gasteiger partial charge is 0.169 e. The lowest BCUT2D eigenvalue weighted by atomic mass is 9.77. The van der Waals surface area contributed by atoms with Gasteiger partial charge in [-0.25, -0.2) is 4.68 Å². The van der Waals surface area contributed by atoms with Crippen molar-refractivity contribution in [2.45, 2.75) is 38.6 Å². The monoisotopic (exact) mass is 242 g/mol. The third-order valence-electron chi connectivity index (χ3n) is 3.71. The third kappa shape index (κ3) is 1.78. The average Bonchev–Trinajstić information content (AvgIpc) is 2.69. The Morgan fingerprint density at radius 1 is 1.39 bits per heavy atom. The fraction of sp³-hybridized carbons (Fsp3) is 0.429. The minimum atomic E-state index is 0.568. The number of nitrogens with two attached hydrogens (primary N) is 1. The van der Waals surface area contributed by atoms with E-state index in [2.05, 4.69) is 41.5 Å². The van der Waals surface area contributed by atoms with Gasteiger partial charge in [0.2, 0.25) is 0 Å². The van der Waals surface area contributed by atoms with Crippen LogP contribution in [-0.2, 0) is 19.4 Å². The number of anilines is 1. The molecule has 94 valence electrons. The zero-order valence-corrected chi connectivity index (χ0v) is 10.6. The van der Waals surface area contributed by atoms with Gasteiger partial charge in [0, 0.05) is 5.92 Å². The maximum atomic E-state index is 5.86. The van der Waals surface area contributed by atoms with E-state index in [9.17, 15) is 0 Å². The number of hydrogen-bond acceptors (Lipinski definition) is 3. The van der Waals surface area contributed by atoms with E-state index in [0.29, 0.717) is 11.7 Å². The van der Waals surface area contributed by atoms with Crippen molar-refractivity contribution in [2.24, 2.45) is 0 Å². The van der Waals surface area contributed by atoms with Crippen LogP contribution in [0.15, 0.2) is 24.3 Å². The lowest BCUT2D eigenvalue weighted by molar-refractivity contribution is 0.453. The maximum Gasteiger partial charge on any atom is 0.169 e. The fourth-order valence-electron chi connectivity index (χ4n) is 2.72. The Morgan fingerprint density at radius 2 is 2.22 bits per heavy atom. The Balaban J connectivity index is 1.79. The third-order valence-corrected chi connectivity index (χ3v) is 3.71. The number of benzene rings is 1. The molecule has 1 aliphatic carbocycles. The minimum absolute atomic E-state index is 0.568. The van der Waals surface area contributed by atoms with E-state index in [1.54, 1.807) is 0 Å². The quantitative estimate of drug-likeness (QED) is 0.893. The molecule has 0 bridgehead atoms. The van der Waals surface area contributed by atoms with Crippen LogP contribution in [0.2, 0.25) is 0 Å². The molecule has 0 fully saturated rings. The minimum Gasteiger partial charge on any atom is -0.381 e. The van der Waals surface area contributed by atoms with Gasteiger partial charge < -0.3 is 5.73 Å². The van der Waals surface area contributed by atoms with Crippen molar-refractivity contribution < 1.29 is 0 Å². The van der Waals surface area contributed by atoms with Gasteiger partial charge in [0.05, 0.1) is 12.2 Å². The second-order valence-electron chi connectivity index (χ2n) is 4.95. The Hall–Kier alpha value is -1.84. The van der Waals surface area contributed by atoms with Crippen LogP contribution < -0.4 is 5.73 Å². The molecule has 1 heterocycles. The molecule has 3 rings (SSSR count). The summed E-state index contributed by atoms with van der Waals surface area (Å²) in [6, 6.07) is 8.62. The van der Waals surface area contributed by atoms with Crippen LogP contribution in [0.25, 0.3) is 0 Å². The highest BCUT2D eigenvalue weighted by Gasteiger charge is 2.26. The number of fused-ring (bicyclic) bond motifs is 1. The number of nitrogens with zero attached hydrogens (tertiary/aromatic N) is 3. The molecule has 2 aromatic rings. The summed E-state index contributed by atoms with van der Waals surface area (Å²) >= 11 is 0. The molecule has 1 aromatic carbocycles. The van der Waals surface area contributed by atoms with E-state index in [-0.39, 0.29) is 0 Å². The second-order valence-corrected chi connectivity index (χ2v) is 4.95. The van der Waals surface area contributed by atoms with Crippen LogP contribution in [-0.4, -0.2) is 15.0 Å². The highest BCUT2D eigenvalue weighted by Crippen LogP contribution is 2.36. The normalized spacial score (nSPS) is 17.3. The molecule has 18 heavy (non-hydrogen) atoms. The van der Waals surface area contributed by atoms with Crippen LogP contribution >= 0.6 is 0 Å². The summed E-state index contributed by atoms with van der Waals surface area (Å²) in [6.07, 6.45) is 3.16. The topological polar surface area (TPSA) is 56.7 Å². The van der Waals surface area contributed by atoms with E-state index >= 15 is 0 Å². The Kier molecular flexibility index (Phi) is 2.78. The summed E-state index contributed by atoms with van der Waals surface area (Å²) < 4.78 is 1.99. The average molecular weight is 242 g/mol. The molecule has 0 saturated heterocycles. The molecule has 0 aliphatic heterocycles. The van der Waals surface area contributed by atoms with Crippen LogP contribution in [0, 0.1) is 0 Å². The van der Waals surface area contributed by atoms with Crippen molar-refractivity contribution >= 4 is 5.82 Å². The molecule has 2 N–H and O–H groups in total. The molecule has 0 saturated carbocycles. The molecule has 0 spiro atoms. The van der Waals surface area contributed by atoms with Crippen molar-refractivity contribution in [1.29, 1.82) is 0 Å². The SMILES string of the molecule is CCCc1c(N)nnn1CC1Cc2ccccc21. The standard InChI is InChI=1S/C14H18N4/c1-2-5-13-14(15)16-17-18(13)9-11-8-10-6-3-4-7-12(10)11/h3-4,6-7,11H,2,5,8-9,15H2,1H3. The lowest BCUT2D eigenvalue weighted by Gasteiger charge is -2.30. The van der Waals surface area contributed by atoms with Crippen molar-refractivity contribution in [2.75, 3.05) is 5.73 Å². The number of aromatic nitrogens is 3. The number of rotatable bonds is 4. The predicted molar refractivity (Wildman–Crippen MR) is 71.3 cm³/mol. The van der Waals surface area contributed by atoms with Gasteiger partial charge in [-0.3, -0.25) is 0 Å². The van der Waals surface area contributed by atoms with Crippen LogP contribution in [0.1, 0.15) is 36.1 Å². The molecule has 4 nitrogen and oxygen atoms in total. The van der Waals surface area contributed by atoms with Crippen molar-refractivity contribution in [3.63, 3.8) is 0 Å². The van der Waals surface area contributed by atoms with Crippen LogP contribution in [0.4, 0.5) is 5.82 Å². The largest absolute Gasteiger partial charge is 0.381 e. The van der Waals surface area contributed by atoms with Crippen molar-refractivity contribution in [1.82, 2.24) is 15.0 Å². The molecule has 1 unspecified atom stereocenters. The van der Waals surface area contributed by atoms with E-state index in [4.69, 9.17) is 5.73 Å². The van der Waals surface area contributed by atoms with E-state index in [1.165, 1.54) is 11.1 Å². The Labute approximate surface area is 107 Å². The van der Waals surface area contributed by atoms with E-state index in [0.717, 1.165) is 31.5 Å². The zero-order valence-electron chi connectivity index (χ0n) is 10.6. The zero-order chi connectivity index (χ0) is 12.5. The summed E-state index contributed by atoms with van der Waals surface area (Å²) in [4.78, 5) is 0. The first-order valence-electron chi connectivity index (χ1n) is 6.55. The molecule has 1 atom stereocenters. The summed E-state index contributed by atoms with van der Waals surface area (Å²) in [6.45, 7) is 3.05. The van der Waals surface area contributed by atoms with Gasteiger partial charge >= 0.3 is 0 Å². The summed E-state index contributed by atoms with van der Waals surface area (Å²) in [7, 11) is 0. The van der Waals surface area contributed by atoms with Gasteiger partial charge in [0.1, 0.15) is 0 Å². The summed E-state index contributed by atoms with van der Waals surface area (Å²) in [5.74, 6) is 1.15. The predicted octanol–water partition coefficient (Wildman–Crippen LogP) is 2.15. The van der Waals surface area contributed by atoms with Crippen molar-refractivity contribution in [3.8, 4) is 0 Å². The first-order chi connectivity index (χ1) is 8.79. The molecule has 0 amide bonds. The molecular weight excluding hydrogens is 224 g/mol. The molecular formula is C14H18N4. The van der Waals surface area contributed by atoms with Crippen molar-refractivity contribution in [3.05, 3.63) is 41.1 Å². The first-order valence-corrected chi connectivity index (χ1v) is 6.55. The molecule has 1 aromatic heterocycles. The van der Waals surface area contributed by atoms with Gasteiger partial charge in [-0.2, -0.15) is 0 Å².